The second kappa shape index (κ2) is 6.17. The summed E-state index contributed by atoms with van der Waals surface area (Å²) in [5.74, 6) is 0.207. The molecule has 0 spiro atoms. The maximum absolute atomic E-state index is 12.9. The lowest BCUT2D eigenvalue weighted by Gasteiger charge is -2.12. The van der Waals surface area contributed by atoms with Gasteiger partial charge in [0.1, 0.15) is 0 Å². The summed E-state index contributed by atoms with van der Waals surface area (Å²) in [6.45, 7) is 4.20. The number of nitrogens with one attached hydrogen (secondary N) is 1. The van der Waals surface area contributed by atoms with Gasteiger partial charge in [0.05, 0.1) is 34.0 Å². The van der Waals surface area contributed by atoms with Crippen molar-refractivity contribution in [3.8, 4) is 0 Å². The minimum absolute atomic E-state index is 0.159. The molecule has 7 nitrogen and oxygen atoms in total. The Balaban J connectivity index is 1.69. The third-order valence-corrected chi connectivity index (χ3v) is 4.84. The van der Waals surface area contributed by atoms with Crippen LogP contribution in [-0.2, 0) is 13.6 Å². The van der Waals surface area contributed by atoms with Gasteiger partial charge in [0, 0.05) is 24.9 Å². The molecule has 0 unspecified atom stereocenters. The molecule has 1 saturated carbocycles. The van der Waals surface area contributed by atoms with E-state index in [1.165, 1.54) is 0 Å². The van der Waals surface area contributed by atoms with Crippen molar-refractivity contribution in [2.75, 3.05) is 5.32 Å². The largest absolute Gasteiger partial charge is 0.325 e. The molecule has 0 atom stereocenters. The van der Waals surface area contributed by atoms with Gasteiger partial charge in [0.2, 0.25) is 0 Å². The molecule has 0 bridgehead atoms. The van der Waals surface area contributed by atoms with Gasteiger partial charge < -0.3 is 11.1 Å². The van der Waals surface area contributed by atoms with E-state index in [9.17, 15) is 4.79 Å². The van der Waals surface area contributed by atoms with Gasteiger partial charge in [-0.1, -0.05) is 0 Å². The third kappa shape index (κ3) is 2.84. The van der Waals surface area contributed by atoms with Crippen molar-refractivity contribution in [2.45, 2.75) is 39.2 Å². The molecule has 3 aromatic heterocycles. The zero-order chi connectivity index (χ0) is 18.4. The van der Waals surface area contributed by atoms with Gasteiger partial charge in [-0.3, -0.25) is 14.5 Å². The summed E-state index contributed by atoms with van der Waals surface area (Å²) in [6, 6.07) is 5.59. The summed E-state index contributed by atoms with van der Waals surface area (Å²) in [4.78, 5) is 22.1. The number of hydrogen-bond donors (Lipinski definition) is 2. The number of anilines is 1. The lowest BCUT2D eigenvalue weighted by atomic mass is 10.1. The molecule has 0 radical (unpaired) electrons. The number of hydrogen-bond acceptors (Lipinski definition) is 5. The van der Waals surface area contributed by atoms with Crippen LogP contribution in [0.5, 0.6) is 0 Å². The van der Waals surface area contributed by atoms with Crippen LogP contribution in [0.3, 0.4) is 0 Å². The zero-order valence-corrected chi connectivity index (χ0v) is 15.2. The van der Waals surface area contributed by atoms with Crippen LogP contribution in [0.4, 0.5) is 5.69 Å². The number of nitrogens with zero attached hydrogens (tertiary/aromatic N) is 4. The number of nitrogens with two attached hydrogens (primary N) is 1. The molecular weight excluding hydrogens is 328 g/mol. The topological polar surface area (TPSA) is 98.7 Å². The molecule has 1 fully saturated rings. The van der Waals surface area contributed by atoms with E-state index in [0.29, 0.717) is 23.7 Å². The molecule has 3 aromatic rings. The molecular formula is C19H22N6O. The summed E-state index contributed by atoms with van der Waals surface area (Å²) in [5.41, 5.74) is 11.1. The van der Waals surface area contributed by atoms with Gasteiger partial charge in [-0.25, -0.2) is 4.98 Å². The summed E-state index contributed by atoms with van der Waals surface area (Å²) in [5, 5.41) is 8.34. The van der Waals surface area contributed by atoms with Crippen molar-refractivity contribution < 1.29 is 4.79 Å². The number of rotatable bonds is 4. The van der Waals surface area contributed by atoms with E-state index in [-0.39, 0.29) is 5.91 Å². The molecule has 0 saturated heterocycles. The average molecular weight is 350 g/mol. The number of amides is 1. The number of pyridine rings is 2. The first-order valence-corrected chi connectivity index (χ1v) is 8.80. The van der Waals surface area contributed by atoms with Crippen LogP contribution in [0.25, 0.3) is 11.0 Å². The van der Waals surface area contributed by atoms with E-state index in [1.807, 2.05) is 39.1 Å². The second-order valence-corrected chi connectivity index (χ2v) is 6.87. The van der Waals surface area contributed by atoms with E-state index in [0.717, 1.165) is 46.7 Å². The SMILES string of the molecule is Cc1nc2c(cc1NC(=O)c1ccc(CN)nc1C1CC1)c(C)nn2C. The molecule has 3 N–H and O–H groups in total. The van der Waals surface area contributed by atoms with Crippen molar-refractivity contribution in [1.82, 2.24) is 19.7 Å². The van der Waals surface area contributed by atoms with E-state index in [4.69, 9.17) is 5.73 Å². The molecule has 3 heterocycles. The molecule has 1 amide bonds. The Morgan fingerprint density at radius 3 is 2.73 bits per heavy atom. The summed E-state index contributed by atoms with van der Waals surface area (Å²) >= 11 is 0. The highest BCUT2D eigenvalue weighted by Crippen LogP contribution is 2.40. The highest BCUT2D eigenvalue weighted by Gasteiger charge is 2.30. The lowest BCUT2D eigenvalue weighted by molar-refractivity contribution is 0.102. The minimum atomic E-state index is -0.159. The highest BCUT2D eigenvalue weighted by molar-refractivity contribution is 6.06. The first kappa shape index (κ1) is 16.7. The van der Waals surface area contributed by atoms with E-state index in [1.54, 1.807) is 4.68 Å². The Kier molecular flexibility index (Phi) is 3.96. The fourth-order valence-electron chi connectivity index (χ4n) is 3.24. The van der Waals surface area contributed by atoms with Gasteiger partial charge >= 0.3 is 0 Å². The standard InChI is InChI=1S/C19H22N6O/c1-10-15-8-16(11(2)21-18(15)25(3)24-10)23-19(26)14-7-6-13(9-20)22-17(14)12-4-5-12/h6-8,12H,4-5,9,20H2,1-3H3,(H,23,26). The maximum atomic E-state index is 12.9. The van der Waals surface area contributed by atoms with Crippen molar-refractivity contribution >= 4 is 22.6 Å². The fraction of sp³-hybridized carbons (Fsp3) is 0.368. The number of carbonyl (C=O) groups excluding carboxylic acids is 1. The van der Waals surface area contributed by atoms with Crippen LogP contribution < -0.4 is 11.1 Å². The Morgan fingerprint density at radius 1 is 1.27 bits per heavy atom. The second-order valence-electron chi connectivity index (χ2n) is 6.87. The normalized spacial score (nSPS) is 14.0. The van der Waals surface area contributed by atoms with Crippen molar-refractivity contribution in [2.24, 2.45) is 12.8 Å². The monoisotopic (exact) mass is 350 g/mol. The summed E-state index contributed by atoms with van der Waals surface area (Å²) < 4.78 is 1.75. The Labute approximate surface area is 151 Å². The van der Waals surface area contributed by atoms with Gasteiger partial charge in [-0.2, -0.15) is 5.10 Å². The van der Waals surface area contributed by atoms with Gasteiger partial charge in [-0.05, 0) is 44.9 Å². The third-order valence-electron chi connectivity index (χ3n) is 4.84. The number of aryl methyl sites for hydroxylation is 3. The predicted molar refractivity (Wildman–Crippen MR) is 100 cm³/mol. The highest BCUT2D eigenvalue weighted by atomic mass is 16.1. The van der Waals surface area contributed by atoms with Crippen LogP contribution in [0, 0.1) is 13.8 Å². The molecule has 134 valence electrons. The van der Waals surface area contributed by atoms with Crippen LogP contribution in [0.15, 0.2) is 18.2 Å². The molecule has 0 aromatic carbocycles. The van der Waals surface area contributed by atoms with Crippen molar-refractivity contribution in [3.05, 3.63) is 46.5 Å². The Morgan fingerprint density at radius 2 is 2.04 bits per heavy atom. The zero-order valence-electron chi connectivity index (χ0n) is 15.2. The summed E-state index contributed by atoms with van der Waals surface area (Å²) in [6.07, 6.45) is 2.14. The molecule has 1 aliphatic carbocycles. The maximum Gasteiger partial charge on any atom is 0.257 e. The van der Waals surface area contributed by atoms with Crippen LogP contribution in [0.2, 0.25) is 0 Å². The first-order chi connectivity index (χ1) is 12.5. The first-order valence-electron chi connectivity index (χ1n) is 8.80. The summed E-state index contributed by atoms with van der Waals surface area (Å²) in [7, 11) is 1.87. The van der Waals surface area contributed by atoms with Crippen LogP contribution >= 0.6 is 0 Å². The molecule has 26 heavy (non-hydrogen) atoms. The Bertz CT molecular complexity index is 1020. The lowest BCUT2D eigenvalue weighted by Crippen LogP contribution is -2.17. The van der Waals surface area contributed by atoms with Gasteiger partial charge in [0.15, 0.2) is 5.65 Å². The molecule has 7 heteroatoms. The molecule has 4 rings (SSSR count). The smallest absolute Gasteiger partial charge is 0.257 e. The minimum Gasteiger partial charge on any atom is -0.325 e. The van der Waals surface area contributed by atoms with E-state index in [2.05, 4.69) is 20.4 Å². The van der Waals surface area contributed by atoms with Gasteiger partial charge in [0.25, 0.3) is 5.91 Å². The van der Waals surface area contributed by atoms with Crippen molar-refractivity contribution in [1.29, 1.82) is 0 Å². The number of fused-ring (bicyclic) bond motifs is 1. The fourth-order valence-corrected chi connectivity index (χ4v) is 3.24. The predicted octanol–water partition coefficient (Wildman–Crippen LogP) is 2.57. The Hall–Kier alpha value is -2.80. The van der Waals surface area contributed by atoms with Crippen LogP contribution in [-0.4, -0.2) is 25.7 Å². The van der Waals surface area contributed by atoms with Crippen molar-refractivity contribution in [3.63, 3.8) is 0 Å². The van der Waals surface area contributed by atoms with E-state index >= 15 is 0 Å². The van der Waals surface area contributed by atoms with Crippen LogP contribution in [0.1, 0.15) is 51.9 Å². The van der Waals surface area contributed by atoms with Gasteiger partial charge in [-0.15, -0.1) is 0 Å². The average Bonchev–Trinajstić information content (AvgIpc) is 3.43. The van der Waals surface area contributed by atoms with E-state index < -0.39 is 0 Å². The number of aromatic nitrogens is 4. The quantitative estimate of drug-likeness (QED) is 0.753. The molecule has 1 aliphatic rings. The molecule has 0 aliphatic heterocycles. The number of carbonyl (C=O) groups is 1.